The summed E-state index contributed by atoms with van der Waals surface area (Å²) in [5.41, 5.74) is -0.234. The van der Waals surface area contributed by atoms with Crippen LogP contribution in [-0.2, 0) is 6.18 Å². The number of alkyl halides is 3. The number of hydrogen-bond donors (Lipinski definition) is 1. The molecule has 1 fully saturated rings. The van der Waals surface area contributed by atoms with Gasteiger partial charge in [-0.15, -0.1) is 0 Å². The zero-order valence-corrected chi connectivity index (χ0v) is 13.1. The van der Waals surface area contributed by atoms with Crippen molar-refractivity contribution in [2.45, 2.75) is 51.7 Å². The van der Waals surface area contributed by atoms with Gasteiger partial charge in [0.25, 0.3) is 0 Å². The molecule has 0 spiro atoms. The van der Waals surface area contributed by atoms with E-state index in [1.54, 1.807) is 6.07 Å². The van der Waals surface area contributed by atoms with Crippen molar-refractivity contribution in [1.29, 1.82) is 0 Å². The summed E-state index contributed by atoms with van der Waals surface area (Å²) in [4.78, 5) is 0. The fourth-order valence-corrected chi connectivity index (χ4v) is 3.42. The lowest BCUT2D eigenvalue weighted by Gasteiger charge is -2.35. The smallest absolute Gasteiger partial charge is 0.382 e. The van der Waals surface area contributed by atoms with E-state index in [0.717, 1.165) is 31.4 Å². The molecule has 1 N–H and O–H groups in total. The topological polar surface area (TPSA) is 12.0 Å². The van der Waals surface area contributed by atoms with Gasteiger partial charge in [-0.2, -0.15) is 13.2 Å². The van der Waals surface area contributed by atoms with Crippen LogP contribution in [0.25, 0.3) is 0 Å². The van der Waals surface area contributed by atoms with Gasteiger partial charge in [-0.05, 0) is 42.9 Å². The maximum Gasteiger partial charge on any atom is 0.416 e. The van der Waals surface area contributed by atoms with E-state index >= 15 is 0 Å². The summed E-state index contributed by atoms with van der Waals surface area (Å²) in [6, 6.07) is 3.91. The van der Waals surface area contributed by atoms with E-state index in [1.807, 2.05) is 0 Å². The lowest BCUT2D eigenvalue weighted by molar-refractivity contribution is -0.137. The zero-order valence-electron chi connectivity index (χ0n) is 12.3. The molecule has 0 amide bonds. The number of nitrogens with one attached hydrogen (secondary N) is 1. The summed E-state index contributed by atoms with van der Waals surface area (Å²) in [5, 5.41) is 3.40. The van der Waals surface area contributed by atoms with Gasteiger partial charge in [0.15, 0.2) is 0 Å². The molecule has 5 heteroatoms. The molecule has 0 radical (unpaired) electrons. The van der Waals surface area contributed by atoms with E-state index in [4.69, 9.17) is 11.6 Å². The average Bonchev–Trinajstić information content (AvgIpc) is 2.37. The SMILES string of the molecule is CC(C)C1CCCCC1Nc1cc(Cl)cc(C(F)(F)F)c1. The van der Waals surface area contributed by atoms with Crippen molar-refractivity contribution >= 4 is 17.3 Å². The molecule has 1 nitrogen and oxygen atoms in total. The third-order valence-corrected chi connectivity index (χ3v) is 4.47. The Labute approximate surface area is 128 Å². The first-order valence-corrected chi connectivity index (χ1v) is 7.79. The molecular formula is C16H21ClF3N. The maximum absolute atomic E-state index is 12.8. The third-order valence-electron chi connectivity index (χ3n) is 4.25. The first-order valence-electron chi connectivity index (χ1n) is 7.41. The minimum Gasteiger partial charge on any atom is -0.382 e. The Morgan fingerprint density at radius 1 is 1.14 bits per heavy atom. The predicted molar refractivity (Wildman–Crippen MR) is 80.7 cm³/mol. The van der Waals surface area contributed by atoms with Gasteiger partial charge in [-0.1, -0.05) is 38.3 Å². The van der Waals surface area contributed by atoms with Crippen molar-refractivity contribution in [3.05, 3.63) is 28.8 Å². The van der Waals surface area contributed by atoms with Crippen LogP contribution >= 0.6 is 11.6 Å². The number of halogens is 4. The molecule has 1 saturated carbocycles. The van der Waals surface area contributed by atoms with E-state index < -0.39 is 11.7 Å². The number of hydrogen-bond acceptors (Lipinski definition) is 1. The second kappa shape index (κ2) is 6.47. The van der Waals surface area contributed by atoms with Gasteiger partial charge in [-0.25, -0.2) is 0 Å². The highest BCUT2D eigenvalue weighted by atomic mass is 35.5. The number of benzene rings is 1. The maximum atomic E-state index is 12.8. The normalized spacial score (nSPS) is 23.4. The van der Waals surface area contributed by atoms with Crippen molar-refractivity contribution in [3.63, 3.8) is 0 Å². The van der Waals surface area contributed by atoms with E-state index in [-0.39, 0.29) is 11.1 Å². The summed E-state index contributed by atoms with van der Waals surface area (Å²) in [5.74, 6) is 1.01. The molecular weight excluding hydrogens is 299 g/mol. The van der Waals surface area contributed by atoms with Crippen LogP contribution in [0.1, 0.15) is 45.1 Å². The zero-order chi connectivity index (χ0) is 15.6. The Bertz CT molecular complexity index is 485. The molecule has 0 heterocycles. The average molecular weight is 320 g/mol. The van der Waals surface area contributed by atoms with E-state index in [2.05, 4.69) is 19.2 Å². The number of anilines is 1. The van der Waals surface area contributed by atoms with Gasteiger partial charge in [0.2, 0.25) is 0 Å². The van der Waals surface area contributed by atoms with Crippen molar-refractivity contribution in [2.24, 2.45) is 11.8 Å². The monoisotopic (exact) mass is 319 g/mol. The molecule has 1 aliphatic carbocycles. The van der Waals surface area contributed by atoms with Gasteiger partial charge in [0, 0.05) is 16.8 Å². The van der Waals surface area contributed by atoms with Crippen molar-refractivity contribution in [2.75, 3.05) is 5.32 Å². The van der Waals surface area contributed by atoms with Crippen LogP contribution < -0.4 is 5.32 Å². The lowest BCUT2D eigenvalue weighted by Crippen LogP contribution is -2.35. The second-order valence-electron chi connectivity index (χ2n) is 6.17. The Morgan fingerprint density at radius 3 is 2.43 bits per heavy atom. The molecule has 118 valence electrons. The molecule has 1 aliphatic rings. The Balaban J connectivity index is 2.20. The van der Waals surface area contributed by atoms with Gasteiger partial charge in [-0.3, -0.25) is 0 Å². The summed E-state index contributed by atoms with van der Waals surface area (Å²) in [7, 11) is 0. The minimum absolute atomic E-state index is 0.115. The highest BCUT2D eigenvalue weighted by Gasteiger charge is 2.32. The Hall–Kier alpha value is -0.900. The van der Waals surface area contributed by atoms with Gasteiger partial charge in [0.05, 0.1) is 5.56 Å². The largest absolute Gasteiger partial charge is 0.416 e. The van der Waals surface area contributed by atoms with Crippen LogP contribution in [0.4, 0.5) is 18.9 Å². The lowest BCUT2D eigenvalue weighted by atomic mass is 9.78. The molecule has 1 aromatic carbocycles. The molecule has 2 unspecified atom stereocenters. The molecule has 2 rings (SSSR count). The van der Waals surface area contributed by atoms with E-state index in [1.165, 1.54) is 6.42 Å². The fraction of sp³-hybridized carbons (Fsp3) is 0.625. The van der Waals surface area contributed by atoms with Gasteiger partial charge in [0.1, 0.15) is 0 Å². The van der Waals surface area contributed by atoms with Gasteiger partial charge < -0.3 is 5.32 Å². The van der Waals surface area contributed by atoms with Gasteiger partial charge >= 0.3 is 6.18 Å². The highest BCUT2D eigenvalue weighted by Crippen LogP contribution is 2.36. The molecule has 0 saturated heterocycles. The van der Waals surface area contributed by atoms with Crippen LogP contribution in [0, 0.1) is 11.8 Å². The molecule has 1 aromatic rings. The summed E-state index contributed by atoms with van der Waals surface area (Å²) < 4.78 is 38.5. The number of rotatable bonds is 3. The second-order valence-corrected chi connectivity index (χ2v) is 6.61. The quantitative estimate of drug-likeness (QED) is 0.722. The molecule has 0 aromatic heterocycles. The minimum atomic E-state index is -4.37. The summed E-state index contributed by atoms with van der Waals surface area (Å²) in [6.45, 7) is 4.34. The first-order chi connectivity index (χ1) is 9.77. The molecule has 0 bridgehead atoms. The van der Waals surface area contributed by atoms with Crippen LogP contribution in [-0.4, -0.2) is 6.04 Å². The summed E-state index contributed by atoms with van der Waals surface area (Å²) >= 11 is 5.83. The van der Waals surface area contributed by atoms with Crippen molar-refractivity contribution < 1.29 is 13.2 Å². The van der Waals surface area contributed by atoms with E-state index in [0.29, 0.717) is 17.5 Å². The first kappa shape index (κ1) is 16.5. The highest BCUT2D eigenvalue weighted by molar-refractivity contribution is 6.30. The Morgan fingerprint density at radius 2 is 1.81 bits per heavy atom. The Kier molecular flexibility index (Phi) is 5.07. The molecule has 0 aliphatic heterocycles. The predicted octanol–water partition coefficient (Wildman–Crippen LogP) is 5.99. The van der Waals surface area contributed by atoms with Crippen LogP contribution in [0.2, 0.25) is 5.02 Å². The molecule has 21 heavy (non-hydrogen) atoms. The van der Waals surface area contributed by atoms with E-state index in [9.17, 15) is 13.2 Å². The van der Waals surface area contributed by atoms with Crippen molar-refractivity contribution in [3.8, 4) is 0 Å². The van der Waals surface area contributed by atoms with Crippen LogP contribution in [0.3, 0.4) is 0 Å². The fourth-order valence-electron chi connectivity index (χ4n) is 3.19. The van der Waals surface area contributed by atoms with Crippen LogP contribution in [0.5, 0.6) is 0 Å². The van der Waals surface area contributed by atoms with Crippen molar-refractivity contribution in [1.82, 2.24) is 0 Å². The third kappa shape index (κ3) is 4.29. The standard InChI is InChI=1S/C16H21ClF3N/c1-10(2)14-5-3-4-6-15(14)21-13-8-11(16(18,19)20)7-12(17)9-13/h7-10,14-15,21H,3-6H2,1-2H3. The molecule has 2 atom stereocenters. The summed E-state index contributed by atoms with van der Waals surface area (Å²) in [6.07, 6.45) is 0.0715. The van der Waals surface area contributed by atoms with Crippen LogP contribution in [0.15, 0.2) is 18.2 Å².